The number of piperidine rings is 1. The van der Waals surface area contributed by atoms with Crippen LogP contribution in [-0.2, 0) is 0 Å². The van der Waals surface area contributed by atoms with Gasteiger partial charge in [0.25, 0.3) is 0 Å². The van der Waals surface area contributed by atoms with Crippen molar-refractivity contribution < 1.29 is 4.42 Å². The maximum Gasteiger partial charge on any atom is 0.108 e. The first-order valence-corrected chi connectivity index (χ1v) is 4.61. The third-order valence-electron chi connectivity index (χ3n) is 2.50. The third-order valence-corrected chi connectivity index (χ3v) is 2.50. The Labute approximate surface area is 77.4 Å². The lowest BCUT2D eigenvalue weighted by atomic mass is 9.97. The monoisotopic (exact) mass is 176 g/mol. The molecule has 2 rings (SSSR count). The zero-order chi connectivity index (χ0) is 9.10. The summed E-state index contributed by atoms with van der Waals surface area (Å²) in [6.45, 7) is 1.04. The van der Waals surface area contributed by atoms with Crippen LogP contribution in [-0.4, -0.2) is 6.54 Å². The lowest BCUT2D eigenvalue weighted by Gasteiger charge is -2.22. The first-order valence-electron chi connectivity index (χ1n) is 4.61. The molecule has 1 aliphatic heterocycles. The van der Waals surface area contributed by atoms with Crippen molar-refractivity contribution in [2.24, 2.45) is 0 Å². The molecule has 0 amide bonds. The number of furan rings is 1. The smallest absolute Gasteiger partial charge is 0.108 e. The Morgan fingerprint density at radius 3 is 3.08 bits per heavy atom. The van der Waals surface area contributed by atoms with E-state index in [-0.39, 0.29) is 0 Å². The second kappa shape index (κ2) is 3.63. The molecule has 0 aliphatic carbocycles. The maximum atomic E-state index is 8.80. The SMILES string of the molecule is N#Cc1cocc1[C@H]1CCCCN1. The molecule has 3 heteroatoms. The Morgan fingerprint density at radius 1 is 1.46 bits per heavy atom. The third kappa shape index (κ3) is 1.58. The Hall–Kier alpha value is -1.27. The molecule has 1 aromatic heterocycles. The van der Waals surface area contributed by atoms with Crippen LogP contribution in [0.2, 0.25) is 0 Å². The van der Waals surface area contributed by atoms with Gasteiger partial charge in [0.2, 0.25) is 0 Å². The van der Waals surface area contributed by atoms with Gasteiger partial charge < -0.3 is 9.73 Å². The van der Waals surface area contributed by atoms with Crippen LogP contribution in [0.5, 0.6) is 0 Å². The number of hydrogen-bond donors (Lipinski definition) is 1. The summed E-state index contributed by atoms with van der Waals surface area (Å²) in [5.74, 6) is 0. The molecule has 3 nitrogen and oxygen atoms in total. The van der Waals surface area contributed by atoms with Gasteiger partial charge in [0.15, 0.2) is 0 Å². The lowest BCUT2D eigenvalue weighted by Crippen LogP contribution is -2.26. The Morgan fingerprint density at radius 2 is 2.38 bits per heavy atom. The maximum absolute atomic E-state index is 8.80. The topological polar surface area (TPSA) is 49.0 Å². The van der Waals surface area contributed by atoms with E-state index in [0.29, 0.717) is 11.6 Å². The van der Waals surface area contributed by atoms with Crippen LogP contribution >= 0.6 is 0 Å². The number of nitriles is 1. The van der Waals surface area contributed by atoms with Gasteiger partial charge in [0.05, 0.1) is 11.8 Å². The Balaban J connectivity index is 2.19. The second-order valence-electron chi connectivity index (χ2n) is 3.36. The quantitative estimate of drug-likeness (QED) is 0.711. The van der Waals surface area contributed by atoms with Gasteiger partial charge in [-0.1, -0.05) is 6.42 Å². The molecule has 68 valence electrons. The first kappa shape index (κ1) is 8.33. The highest BCUT2D eigenvalue weighted by molar-refractivity contribution is 5.35. The molecule has 0 unspecified atom stereocenters. The van der Waals surface area contributed by atoms with Gasteiger partial charge in [-0.15, -0.1) is 0 Å². The van der Waals surface area contributed by atoms with E-state index in [1.807, 2.05) is 0 Å². The van der Waals surface area contributed by atoms with Crippen molar-refractivity contribution in [1.29, 1.82) is 5.26 Å². The van der Waals surface area contributed by atoms with E-state index in [0.717, 1.165) is 18.5 Å². The highest BCUT2D eigenvalue weighted by atomic mass is 16.3. The fourth-order valence-electron chi connectivity index (χ4n) is 1.78. The van der Waals surface area contributed by atoms with Crippen LogP contribution < -0.4 is 5.32 Å². The van der Waals surface area contributed by atoms with Crippen molar-refractivity contribution in [2.45, 2.75) is 25.3 Å². The number of hydrogen-bond acceptors (Lipinski definition) is 3. The van der Waals surface area contributed by atoms with Crippen molar-refractivity contribution in [3.63, 3.8) is 0 Å². The highest BCUT2D eigenvalue weighted by Gasteiger charge is 2.19. The predicted molar refractivity (Wildman–Crippen MR) is 48.0 cm³/mol. The van der Waals surface area contributed by atoms with E-state index in [4.69, 9.17) is 9.68 Å². The molecule has 0 saturated carbocycles. The minimum absolute atomic E-state index is 0.321. The molecular weight excluding hydrogens is 164 g/mol. The van der Waals surface area contributed by atoms with Gasteiger partial charge in [-0.05, 0) is 19.4 Å². The van der Waals surface area contributed by atoms with Crippen LogP contribution in [0.4, 0.5) is 0 Å². The van der Waals surface area contributed by atoms with E-state index in [2.05, 4.69) is 11.4 Å². The predicted octanol–water partition coefficient (Wildman–Crippen LogP) is 1.97. The summed E-state index contributed by atoms with van der Waals surface area (Å²) in [5.41, 5.74) is 1.68. The molecule has 2 heterocycles. The molecule has 1 fully saturated rings. The van der Waals surface area contributed by atoms with Gasteiger partial charge in [-0.3, -0.25) is 0 Å². The lowest BCUT2D eigenvalue weighted by molar-refractivity contribution is 0.408. The van der Waals surface area contributed by atoms with Crippen LogP contribution in [0.15, 0.2) is 16.9 Å². The molecule has 0 spiro atoms. The first-order chi connectivity index (χ1) is 6.42. The zero-order valence-corrected chi connectivity index (χ0v) is 7.42. The van der Waals surface area contributed by atoms with Crippen LogP contribution in [0.3, 0.4) is 0 Å². The average molecular weight is 176 g/mol. The fourth-order valence-corrected chi connectivity index (χ4v) is 1.78. The minimum atomic E-state index is 0.321. The van der Waals surface area contributed by atoms with Crippen LogP contribution in [0, 0.1) is 11.3 Å². The number of rotatable bonds is 1. The standard InChI is InChI=1S/C10H12N2O/c11-5-8-6-13-7-9(8)10-3-1-2-4-12-10/h6-7,10,12H,1-4H2/t10-/m1/s1. The molecule has 1 saturated heterocycles. The van der Waals surface area contributed by atoms with Gasteiger partial charge in [0.1, 0.15) is 12.3 Å². The molecule has 0 bridgehead atoms. The van der Waals surface area contributed by atoms with E-state index in [9.17, 15) is 0 Å². The molecule has 1 aromatic rings. The van der Waals surface area contributed by atoms with Gasteiger partial charge in [-0.2, -0.15) is 5.26 Å². The van der Waals surface area contributed by atoms with Crippen molar-refractivity contribution in [1.82, 2.24) is 5.32 Å². The van der Waals surface area contributed by atoms with Crippen molar-refractivity contribution in [2.75, 3.05) is 6.54 Å². The molecule has 1 aliphatic rings. The minimum Gasteiger partial charge on any atom is -0.471 e. The summed E-state index contributed by atoms with van der Waals surface area (Å²) < 4.78 is 5.03. The van der Waals surface area contributed by atoms with Crippen molar-refractivity contribution in [3.8, 4) is 6.07 Å². The molecular formula is C10H12N2O. The molecule has 0 aromatic carbocycles. The van der Waals surface area contributed by atoms with Crippen LogP contribution in [0.25, 0.3) is 0 Å². The summed E-state index contributed by atoms with van der Waals surface area (Å²) in [6.07, 6.45) is 6.77. The van der Waals surface area contributed by atoms with E-state index < -0.39 is 0 Å². The van der Waals surface area contributed by atoms with E-state index in [1.165, 1.54) is 19.1 Å². The summed E-state index contributed by atoms with van der Waals surface area (Å²) in [5, 5.41) is 12.2. The molecule has 0 radical (unpaired) electrons. The largest absolute Gasteiger partial charge is 0.471 e. The van der Waals surface area contributed by atoms with Gasteiger partial charge >= 0.3 is 0 Å². The second-order valence-corrected chi connectivity index (χ2v) is 3.36. The Kier molecular flexibility index (Phi) is 2.33. The van der Waals surface area contributed by atoms with Gasteiger partial charge in [-0.25, -0.2) is 0 Å². The molecule has 1 N–H and O–H groups in total. The zero-order valence-electron chi connectivity index (χ0n) is 7.42. The summed E-state index contributed by atoms with van der Waals surface area (Å²) >= 11 is 0. The summed E-state index contributed by atoms with van der Waals surface area (Å²) in [7, 11) is 0. The number of nitrogens with zero attached hydrogens (tertiary/aromatic N) is 1. The van der Waals surface area contributed by atoms with Gasteiger partial charge in [0, 0.05) is 11.6 Å². The molecule has 13 heavy (non-hydrogen) atoms. The summed E-state index contributed by atoms with van der Waals surface area (Å²) in [4.78, 5) is 0. The van der Waals surface area contributed by atoms with Crippen LogP contribution in [0.1, 0.15) is 36.4 Å². The molecule has 1 atom stereocenters. The number of nitrogens with one attached hydrogen (secondary N) is 1. The normalized spacial score (nSPS) is 22.5. The Bertz CT molecular complexity index is 318. The van der Waals surface area contributed by atoms with E-state index >= 15 is 0 Å². The fraction of sp³-hybridized carbons (Fsp3) is 0.500. The van der Waals surface area contributed by atoms with Crippen molar-refractivity contribution >= 4 is 0 Å². The van der Waals surface area contributed by atoms with Crippen molar-refractivity contribution in [3.05, 3.63) is 23.7 Å². The van der Waals surface area contributed by atoms with E-state index in [1.54, 1.807) is 6.26 Å². The average Bonchev–Trinajstić information content (AvgIpc) is 2.67. The highest BCUT2D eigenvalue weighted by Crippen LogP contribution is 2.25. The summed E-state index contributed by atoms with van der Waals surface area (Å²) in [6, 6.07) is 2.46.